The number of hydrogen-bond donors (Lipinski definition) is 1. The smallest absolute Gasteiger partial charge is 0.281 e. The van der Waals surface area contributed by atoms with E-state index in [1.807, 2.05) is 16.8 Å². The fourth-order valence-electron chi connectivity index (χ4n) is 3.26. The van der Waals surface area contributed by atoms with Crippen LogP contribution < -0.4 is 4.74 Å². The maximum atomic E-state index is 14.2. The zero-order valence-electron chi connectivity index (χ0n) is 13.7. The summed E-state index contributed by atoms with van der Waals surface area (Å²) in [7, 11) is 0. The van der Waals surface area contributed by atoms with Gasteiger partial charge in [-0.1, -0.05) is 6.07 Å². The van der Waals surface area contributed by atoms with Gasteiger partial charge >= 0.3 is 0 Å². The van der Waals surface area contributed by atoms with Crippen LogP contribution in [-0.2, 0) is 6.42 Å². The number of fused-ring (bicyclic) bond motifs is 1. The van der Waals surface area contributed by atoms with E-state index in [0.717, 1.165) is 17.7 Å². The summed E-state index contributed by atoms with van der Waals surface area (Å²) >= 11 is 1.42. The first kappa shape index (κ1) is 17.6. The van der Waals surface area contributed by atoms with Crippen molar-refractivity contribution < 1.29 is 23.0 Å². The minimum atomic E-state index is -3.33. The molecule has 0 saturated carbocycles. The minimum Gasteiger partial charge on any atom is -0.457 e. The van der Waals surface area contributed by atoms with E-state index in [0.29, 0.717) is 5.56 Å². The van der Waals surface area contributed by atoms with Crippen molar-refractivity contribution in [3.05, 3.63) is 69.7 Å². The molecule has 0 bridgehead atoms. The van der Waals surface area contributed by atoms with Gasteiger partial charge in [-0.15, -0.1) is 0 Å². The lowest BCUT2D eigenvalue weighted by Gasteiger charge is -2.16. The standard InChI is InChI=1S/C20H12F3NO2S/c21-13-5-11(9-24)6-14(7-13)26-17-2-1-15(12-3-4-27-10-12)18-16(17)8-20(22,23)19(18)25/h1-7,10,19,25H,8H2. The van der Waals surface area contributed by atoms with Crippen LogP contribution in [0, 0.1) is 17.1 Å². The first-order chi connectivity index (χ1) is 12.9. The second-order valence-electron chi connectivity index (χ2n) is 6.25. The molecule has 1 heterocycles. The van der Waals surface area contributed by atoms with Crippen molar-refractivity contribution in [3.63, 3.8) is 0 Å². The van der Waals surface area contributed by atoms with Crippen molar-refractivity contribution in [1.82, 2.24) is 0 Å². The second kappa shape index (κ2) is 6.41. The van der Waals surface area contributed by atoms with Gasteiger partial charge in [0.15, 0.2) is 0 Å². The lowest BCUT2D eigenvalue weighted by Crippen LogP contribution is -2.21. The van der Waals surface area contributed by atoms with Gasteiger partial charge in [0.2, 0.25) is 0 Å². The number of hydrogen-bond acceptors (Lipinski definition) is 4. The van der Waals surface area contributed by atoms with Crippen LogP contribution in [0.2, 0.25) is 0 Å². The van der Waals surface area contributed by atoms with Gasteiger partial charge in [0.1, 0.15) is 23.4 Å². The molecule has 3 nitrogen and oxygen atoms in total. The number of halogens is 3. The summed E-state index contributed by atoms with van der Waals surface area (Å²) in [6.45, 7) is 0. The van der Waals surface area contributed by atoms with Crippen molar-refractivity contribution >= 4 is 11.3 Å². The van der Waals surface area contributed by atoms with Crippen LogP contribution in [0.15, 0.2) is 47.2 Å². The number of nitriles is 1. The monoisotopic (exact) mass is 387 g/mol. The van der Waals surface area contributed by atoms with E-state index in [4.69, 9.17) is 10.00 Å². The summed E-state index contributed by atoms with van der Waals surface area (Å²) < 4.78 is 47.8. The van der Waals surface area contributed by atoms with Crippen LogP contribution >= 0.6 is 11.3 Å². The number of thiophene rings is 1. The lowest BCUT2D eigenvalue weighted by molar-refractivity contribution is -0.0966. The van der Waals surface area contributed by atoms with Crippen molar-refractivity contribution in [1.29, 1.82) is 5.26 Å². The lowest BCUT2D eigenvalue weighted by atomic mass is 9.97. The van der Waals surface area contributed by atoms with Crippen LogP contribution in [0.25, 0.3) is 11.1 Å². The Kier molecular flexibility index (Phi) is 4.17. The summed E-state index contributed by atoms with van der Waals surface area (Å²) in [5.41, 5.74) is 1.60. The Morgan fingerprint density at radius 1 is 1.22 bits per heavy atom. The molecule has 0 saturated heterocycles. The molecule has 2 aromatic carbocycles. The van der Waals surface area contributed by atoms with Crippen LogP contribution in [0.3, 0.4) is 0 Å². The van der Waals surface area contributed by atoms with E-state index in [9.17, 15) is 18.3 Å². The van der Waals surface area contributed by atoms with Crippen molar-refractivity contribution in [2.45, 2.75) is 18.4 Å². The van der Waals surface area contributed by atoms with Gasteiger partial charge < -0.3 is 9.84 Å². The predicted molar refractivity (Wildman–Crippen MR) is 94.6 cm³/mol. The zero-order chi connectivity index (χ0) is 19.2. The Balaban J connectivity index is 1.83. The molecular formula is C20H12F3NO2S. The molecule has 136 valence electrons. The number of benzene rings is 2. The van der Waals surface area contributed by atoms with Gasteiger partial charge in [-0.25, -0.2) is 13.2 Å². The maximum absolute atomic E-state index is 14.2. The predicted octanol–water partition coefficient (Wildman–Crippen LogP) is 5.44. The molecule has 7 heteroatoms. The van der Waals surface area contributed by atoms with E-state index < -0.39 is 24.3 Å². The largest absolute Gasteiger partial charge is 0.457 e. The average molecular weight is 387 g/mol. The Morgan fingerprint density at radius 3 is 2.74 bits per heavy atom. The summed E-state index contributed by atoms with van der Waals surface area (Å²) in [5.74, 6) is -3.86. The quantitative estimate of drug-likeness (QED) is 0.651. The highest BCUT2D eigenvalue weighted by Gasteiger charge is 2.49. The molecule has 1 aliphatic carbocycles. The molecule has 1 aromatic heterocycles. The molecule has 4 rings (SSSR count). The van der Waals surface area contributed by atoms with E-state index in [-0.39, 0.29) is 28.2 Å². The first-order valence-corrected chi connectivity index (χ1v) is 8.96. The Morgan fingerprint density at radius 2 is 2.04 bits per heavy atom. The molecule has 1 atom stereocenters. The number of ether oxygens (including phenoxy) is 1. The van der Waals surface area contributed by atoms with Crippen LogP contribution in [0.4, 0.5) is 13.2 Å². The summed E-state index contributed by atoms with van der Waals surface area (Å²) in [5, 5.41) is 22.8. The SMILES string of the molecule is N#Cc1cc(F)cc(Oc2ccc(-c3ccsc3)c3c2CC(F)(F)C3O)c1. The maximum Gasteiger partial charge on any atom is 0.281 e. The van der Waals surface area contributed by atoms with Crippen LogP contribution in [-0.4, -0.2) is 11.0 Å². The van der Waals surface area contributed by atoms with Gasteiger partial charge in [-0.3, -0.25) is 0 Å². The molecule has 0 amide bonds. The van der Waals surface area contributed by atoms with E-state index in [2.05, 4.69) is 0 Å². The summed E-state index contributed by atoms with van der Waals surface area (Å²) in [6.07, 6.45) is -2.63. The van der Waals surface area contributed by atoms with Crippen molar-refractivity contribution in [2.24, 2.45) is 0 Å². The highest BCUT2D eigenvalue weighted by atomic mass is 32.1. The normalized spacial score (nSPS) is 17.4. The third-order valence-corrected chi connectivity index (χ3v) is 5.14. The number of nitrogens with zero attached hydrogens (tertiary/aromatic N) is 1. The van der Waals surface area contributed by atoms with Crippen molar-refractivity contribution in [3.8, 4) is 28.7 Å². The molecule has 1 unspecified atom stereocenters. The van der Waals surface area contributed by atoms with E-state index in [1.54, 1.807) is 12.1 Å². The minimum absolute atomic E-state index is 0.0294. The number of aliphatic hydroxyl groups excluding tert-OH is 1. The first-order valence-electron chi connectivity index (χ1n) is 8.02. The molecule has 0 radical (unpaired) electrons. The molecule has 0 fully saturated rings. The molecule has 3 aromatic rings. The summed E-state index contributed by atoms with van der Waals surface area (Å²) in [6, 6.07) is 10.2. The molecule has 27 heavy (non-hydrogen) atoms. The fraction of sp³-hybridized carbons (Fsp3) is 0.150. The highest BCUT2D eigenvalue weighted by molar-refractivity contribution is 7.08. The zero-order valence-corrected chi connectivity index (χ0v) is 14.6. The second-order valence-corrected chi connectivity index (χ2v) is 7.03. The Bertz CT molecular complexity index is 1060. The van der Waals surface area contributed by atoms with Crippen LogP contribution in [0.5, 0.6) is 11.5 Å². The molecule has 0 aliphatic heterocycles. The number of aliphatic hydroxyl groups is 1. The fourth-order valence-corrected chi connectivity index (χ4v) is 3.92. The Hall–Kier alpha value is -2.82. The highest BCUT2D eigenvalue weighted by Crippen LogP contribution is 2.51. The van der Waals surface area contributed by atoms with Crippen LogP contribution in [0.1, 0.15) is 22.8 Å². The van der Waals surface area contributed by atoms with Gasteiger partial charge in [-0.05, 0) is 46.2 Å². The van der Waals surface area contributed by atoms with Crippen molar-refractivity contribution in [2.75, 3.05) is 0 Å². The van der Waals surface area contributed by atoms with Gasteiger partial charge in [-0.2, -0.15) is 16.6 Å². The molecular weight excluding hydrogens is 375 g/mol. The van der Waals surface area contributed by atoms with Gasteiger partial charge in [0, 0.05) is 23.6 Å². The Labute approximate surface area is 156 Å². The van der Waals surface area contributed by atoms with E-state index in [1.165, 1.54) is 23.5 Å². The third kappa shape index (κ3) is 3.07. The number of rotatable bonds is 3. The third-order valence-electron chi connectivity index (χ3n) is 4.46. The molecule has 1 N–H and O–H groups in total. The molecule has 0 spiro atoms. The van der Waals surface area contributed by atoms with Gasteiger partial charge in [0.05, 0.1) is 11.6 Å². The topological polar surface area (TPSA) is 53.2 Å². The average Bonchev–Trinajstić information content (AvgIpc) is 3.23. The van der Waals surface area contributed by atoms with Gasteiger partial charge in [0.25, 0.3) is 5.92 Å². The summed E-state index contributed by atoms with van der Waals surface area (Å²) in [4.78, 5) is 0. The molecule has 1 aliphatic rings. The number of alkyl halides is 2. The van der Waals surface area contributed by atoms with E-state index >= 15 is 0 Å².